The van der Waals surface area contributed by atoms with E-state index in [1.807, 2.05) is 47.3 Å². The molecule has 35 heavy (non-hydrogen) atoms. The van der Waals surface area contributed by atoms with Crippen molar-refractivity contribution in [3.63, 3.8) is 0 Å². The molecule has 176 valence electrons. The van der Waals surface area contributed by atoms with Gasteiger partial charge in [-0.1, -0.05) is 66.2 Å². The molecule has 0 spiro atoms. The second-order valence-electron chi connectivity index (χ2n) is 8.70. The number of rotatable bonds is 8. The summed E-state index contributed by atoms with van der Waals surface area (Å²) in [6.45, 7) is 0.388. The number of aromatic nitrogens is 2. The Morgan fingerprint density at radius 1 is 1.06 bits per heavy atom. The SMILES string of the molecule is O=C(O)COc1cccc2c1CCC(Cn1cc(Cc3ccccc3-c3cccc(Cl)c3)cn1)=C2. The van der Waals surface area contributed by atoms with Crippen molar-refractivity contribution in [3.8, 4) is 16.9 Å². The molecule has 0 unspecified atom stereocenters. The highest BCUT2D eigenvalue weighted by atomic mass is 35.5. The topological polar surface area (TPSA) is 64.3 Å². The number of nitrogens with zero attached hydrogens (tertiary/aromatic N) is 2. The monoisotopic (exact) mass is 484 g/mol. The van der Waals surface area contributed by atoms with Crippen molar-refractivity contribution in [3.05, 3.63) is 112 Å². The highest BCUT2D eigenvalue weighted by Crippen LogP contribution is 2.32. The second-order valence-corrected chi connectivity index (χ2v) is 9.14. The maximum absolute atomic E-state index is 10.9. The summed E-state index contributed by atoms with van der Waals surface area (Å²) in [7, 11) is 0. The minimum atomic E-state index is -0.973. The molecule has 5 rings (SSSR count). The Morgan fingerprint density at radius 2 is 1.91 bits per heavy atom. The molecule has 3 aromatic carbocycles. The number of benzene rings is 3. The predicted molar refractivity (Wildman–Crippen MR) is 138 cm³/mol. The third-order valence-electron chi connectivity index (χ3n) is 6.18. The van der Waals surface area contributed by atoms with Crippen LogP contribution in [0.1, 0.15) is 28.7 Å². The lowest BCUT2D eigenvalue weighted by Crippen LogP contribution is -2.12. The molecule has 0 bridgehead atoms. The Bertz CT molecular complexity index is 1410. The first-order valence-corrected chi connectivity index (χ1v) is 11.9. The minimum Gasteiger partial charge on any atom is -0.482 e. The first-order chi connectivity index (χ1) is 17.0. The highest BCUT2D eigenvalue weighted by molar-refractivity contribution is 6.30. The van der Waals surface area contributed by atoms with E-state index in [1.54, 1.807) is 0 Å². The summed E-state index contributed by atoms with van der Waals surface area (Å²) in [4.78, 5) is 10.9. The van der Waals surface area contributed by atoms with Gasteiger partial charge < -0.3 is 9.84 Å². The molecule has 1 heterocycles. The molecule has 1 N–H and O–H groups in total. The number of carboxylic acid groups (broad SMARTS) is 1. The Balaban J connectivity index is 1.31. The van der Waals surface area contributed by atoms with Crippen molar-refractivity contribution in [2.75, 3.05) is 6.61 Å². The molecule has 0 aliphatic heterocycles. The van der Waals surface area contributed by atoms with Crippen LogP contribution >= 0.6 is 11.6 Å². The largest absolute Gasteiger partial charge is 0.482 e. The van der Waals surface area contributed by atoms with Crippen LogP contribution in [-0.4, -0.2) is 27.5 Å². The molecule has 0 saturated heterocycles. The van der Waals surface area contributed by atoms with Crippen LogP contribution in [0.2, 0.25) is 5.02 Å². The number of hydrogen-bond acceptors (Lipinski definition) is 3. The zero-order valence-electron chi connectivity index (χ0n) is 19.2. The van der Waals surface area contributed by atoms with E-state index in [-0.39, 0.29) is 6.61 Å². The van der Waals surface area contributed by atoms with Gasteiger partial charge in [0.2, 0.25) is 0 Å². The number of allylic oxidation sites excluding steroid dienone is 1. The smallest absolute Gasteiger partial charge is 0.341 e. The summed E-state index contributed by atoms with van der Waals surface area (Å²) in [5.74, 6) is -0.320. The third-order valence-corrected chi connectivity index (χ3v) is 6.41. The van der Waals surface area contributed by atoms with Gasteiger partial charge in [-0.15, -0.1) is 0 Å². The number of aliphatic carboxylic acids is 1. The Morgan fingerprint density at radius 3 is 2.77 bits per heavy atom. The fraction of sp³-hybridized carbons (Fsp3) is 0.172. The van der Waals surface area contributed by atoms with E-state index in [2.05, 4.69) is 47.7 Å². The molecule has 0 radical (unpaired) electrons. The second kappa shape index (κ2) is 10.2. The molecule has 1 aliphatic carbocycles. The zero-order chi connectivity index (χ0) is 24.2. The molecular formula is C29H25ClN2O3. The van der Waals surface area contributed by atoms with Gasteiger partial charge in [0, 0.05) is 23.2 Å². The van der Waals surface area contributed by atoms with Crippen LogP contribution in [-0.2, 0) is 24.2 Å². The lowest BCUT2D eigenvalue weighted by Gasteiger charge is -2.19. The lowest BCUT2D eigenvalue weighted by molar-refractivity contribution is -0.139. The summed E-state index contributed by atoms with van der Waals surface area (Å²) in [6, 6.07) is 22.1. The van der Waals surface area contributed by atoms with E-state index in [0.717, 1.165) is 53.1 Å². The van der Waals surface area contributed by atoms with Crippen LogP contribution in [0, 0.1) is 0 Å². The molecule has 1 aliphatic rings. The molecule has 0 saturated carbocycles. The maximum atomic E-state index is 10.9. The van der Waals surface area contributed by atoms with E-state index < -0.39 is 5.97 Å². The Labute approximate surface area is 209 Å². The first kappa shape index (κ1) is 22.9. The molecule has 0 atom stereocenters. The van der Waals surface area contributed by atoms with Crippen molar-refractivity contribution >= 4 is 23.6 Å². The average Bonchev–Trinajstić information content (AvgIpc) is 3.29. The maximum Gasteiger partial charge on any atom is 0.341 e. The fourth-order valence-electron chi connectivity index (χ4n) is 4.59. The van der Waals surface area contributed by atoms with E-state index in [1.165, 1.54) is 16.7 Å². The number of hydrogen-bond donors (Lipinski definition) is 1. The fourth-order valence-corrected chi connectivity index (χ4v) is 4.78. The summed E-state index contributed by atoms with van der Waals surface area (Å²) < 4.78 is 7.46. The number of carbonyl (C=O) groups is 1. The summed E-state index contributed by atoms with van der Waals surface area (Å²) >= 11 is 6.22. The minimum absolute atomic E-state index is 0.330. The van der Waals surface area contributed by atoms with Gasteiger partial charge in [-0.25, -0.2) is 4.79 Å². The molecule has 1 aromatic heterocycles. The van der Waals surface area contributed by atoms with E-state index >= 15 is 0 Å². The number of halogens is 1. The van der Waals surface area contributed by atoms with Gasteiger partial charge in [0.15, 0.2) is 6.61 Å². The van der Waals surface area contributed by atoms with Crippen molar-refractivity contribution in [2.45, 2.75) is 25.8 Å². The Hall–Kier alpha value is -3.83. The number of fused-ring (bicyclic) bond motifs is 1. The van der Waals surface area contributed by atoms with Gasteiger partial charge in [0.25, 0.3) is 0 Å². The molecule has 5 nitrogen and oxygen atoms in total. The number of carboxylic acids is 1. The van der Waals surface area contributed by atoms with E-state index in [9.17, 15) is 4.79 Å². The van der Waals surface area contributed by atoms with Crippen molar-refractivity contribution in [1.82, 2.24) is 9.78 Å². The third kappa shape index (κ3) is 5.47. The summed E-state index contributed by atoms with van der Waals surface area (Å²) in [5, 5.41) is 14.3. The quantitative estimate of drug-likeness (QED) is 0.319. The normalized spacial score (nSPS) is 12.7. The van der Waals surface area contributed by atoms with Crippen LogP contribution in [0.3, 0.4) is 0 Å². The number of ether oxygens (including phenoxy) is 1. The van der Waals surface area contributed by atoms with Crippen molar-refractivity contribution in [1.29, 1.82) is 0 Å². The molecular weight excluding hydrogens is 460 g/mol. The lowest BCUT2D eigenvalue weighted by atomic mass is 9.91. The van der Waals surface area contributed by atoms with Gasteiger partial charge in [0.1, 0.15) is 5.75 Å². The predicted octanol–water partition coefficient (Wildman–Crippen LogP) is 6.29. The standard InChI is InChI=1S/C29H25ClN2O3/c30-25-8-3-6-24(15-25)26-9-2-1-5-22(26)14-21-16-31-32(18-21)17-20-11-12-27-23(13-20)7-4-10-28(27)35-19-29(33)34/h1-10,13,15-16,18H,11-12,14,17,19H2,(H,33,34). The molecule has 4 aromatic rings. The van der Waals surface area contributed by atoms with E-state index in [0.29, 0.717) is 5.75 Å². The summed E-state index contributed by atoms with van der Waals surface area (Å²) in [6.07, 6.45) is 8.70. The average molecular weight is 485 g/mol. The molecule has 6 heteroatoms. The van der Waals surface area contributed by atoms with Gasteiger partial charge in [-0.3, -0.25) is 4.68 Å². The Kier molecular flexibility index (Phi) is 6.68. The highest BCUT2D eigenvalue weighted by Gasteiger charge is 2.16. The molecule has 0 fully saturated rings. The van der Waals surface area contributed by atoms with Gasteiger partial charge >= 0.3 is 5.97 Å². The van der Waals surface area contributed by atoms with Crippen LogP contribution in [0.4, 0.5) is 0 Å². The van der Waals surface area contributed by atoms with Crippen molar-refractivity contribution in [2.24, 2.45) is 0 Å². The van der Waals surface area contributed by atoms with Crippen LogP contribution < -0.4 is 4.74 Å². The molecule has 0 amide bonds. The van der Waals surface area contributed by atoms with Crippen LogP contribution in [0.25, 0.3) is 17.2 Å². The van der Waals surface area contributed by atoms with Crippen LogP contribution in [0.15, 0.2) is 84.7 Å². The van der Waals surface area contributed by atoms with Crippen molar-refractivity contribution < 1.29 is 14.6 Å². The van der Waals surface area contributed by atoms with E-state index in [4.69, 9.17) is 21.4 Å². The van der Waals surface area contributed by atoms with Gasteiger partial charge in [-0.2, -0.15) is 5.10 Å². The first-order valence-electron chi connectivity index (χ1n) is 11.6. The summed E-state index contributed by atoms with van der Waals surface area (Å²) in [5.41, 5.74) is 8.10. The van der Waals surface area contributed by atoms with Crippen LogP contribution in [0.5, 0.6) is 5.75 Å². The van der Waals surface area contributed by atoms with Gasteiger partial charge in [0.05, 0.1) is 12.7 Å². The zero-order valence-corrected chi connectivity index (χ0v) is 19.9. The van der Waals surface area contributed by atoms with Gasteiger partial charge in [-0.05, 0) is 64.4 Å².